The van der Waals surface area contributed by atoms with Crippen molar-refractivity contribution >= 4 is 64.9 Å². The molecule has 1 unspecified atom stereocenters. The standard InChI is InChI=1S/C20H24N4O5S3/c1-11(2)23-32(27,28)14-8-6-13(7-9-14)21-17(25)12(3)29-19(26)16-10-15-18(30-16)22-20(31-15)24(4)5/h6-12,23H,1-5H3,(H,21,25). The molecule has 1 amide bonds. The Morgan fingerprint density at radius 2 is 1.75 bits per heavy atom. The second kappa shape index (κ2) is 9.53. The van der Waals surface area contributed by atoms with E-state index in [2.05, 4.69) is 15.0 Å². The van der Waals surface area contributed by atoms with Crippen molar-refractivity contribution in [2.75, 3.05) is 24.3 Å². The summed E-state index contributed by atoms with van der Waals surface area (Å²) in [6.07, 6.45) is -1.04. The predicted molar refractivity (Wildman–Crippen MR) is 127 cm³/mol. The van der Waals surface area contributed by atoms with Crippen LogP contribution >= 0.6 is 22.7 Å². The van der Waals surface area contributed by atoms with Crippen molar-refractivity contribution in [3.8, 4) is 0 Å². The van der Waals surface area contributed by atoms with E-state index in [1.54, 1.807) is 19.9 Å². The molecule has 172 valence electrons. The van der Waals surface area contributed by atoms with E-state index in [1.807, 2.05) is 19.0 Å². The molecule has 0 spiro atoms. The lowest BCUT2D eigenvalue weighted by molar-refractivity contribution is -0.123. The third-order valence-electron chi connectivity index (χ3n) is 4.14. The fraction of sp³-hybridized carbons (Fsp3) is 0.350. The average molecular weight is 497 g/mol. The van der Waals surface area contributed by atoms with Gasteiger partial charge in [0, 0.05) is 25.8 Å². The van der Waals surface area contributed by atoms with Gasteiger partial charge in [0.1, 0.15) is 9.71 Å². The van der Waals surface area contributed by atoms with E-state index in [1.165, 1.54) is 53.9 Å². The molecule has 9 nitrogen and oxygen atoms in total. The number of aromatic nitrogens is 1. The van der Waals surface area contributed by atoms with Gasteiger partial charge in [0.25, 0.3) is 5.91 Å². The van der Waals surface area contributed by atoms with Crippen molar-refractivity contribution in [1.82, 2.24) is 9.71 Å². The molecule has 1 atom stereocenters. The zero-order chi connectivity index (χ0) is 23.6. The molecule has 3 rings (SSSR count). The highest BCUT2D eigenvalue weighted by Gasteiger charge is 2.22. The first-order valence-electron chi connectivity index (χ1n) is 9.68. The molecular weight excluding hydrogens is 472 g/mol. The highest BCUT2D eigenvalue weighted by molar-refractivity contribution is 7.89. The van der Waals surface area contributed by atoms with Gasteiger partial charge in [-0.2, -0.15) is 0 Å². The van der Waals surface area contributed by atoms with Crippen molar-refractivity contribution in [3.63, 3.8) is 0 Å². The Bertz CT molecular complexity index is 1200. The number of hydrogen-bond acceptors (Lipinski definition) is 9. The zero-order valence-corrected chi connectivity index (χ0v) is 20.7. The summed E-state index contributed by atoms with van der Waals surface area (Å²) in [7, 11) is 0.172. The van der Waals surface area contributed by atoms with Crippen molar-refractivity contribution < 1.29 is 22.7 Å². The molecule has 0 aliphatic heterocycles. The number of carbonyl (C=O) groups excluding carboxylic acids is 2. The van der Waals surface area contributed by atoms with Crippen molar-refractivity contribution in [1.29, 1.82) is 0 Å². The van der Waals surface area contributed by atoms with Gasteiger partial charge in [-0.1, -0.05) is 11.3 Å². The Hall–Kier alpha value is -2.54. The summed E-state index contributed by atoms with van der Waals surface area (Å²) in [5, 5.41) is 3.46. The van der Waals surface area contributed by atoms with Gasteiger partial charge in [0.05, 0.1) is 9.60 Å². The second-order valence-electron chi connectivity index (χ2n) is 7.51. The maximum atomic E-state index is 12.4. The fourth-order valence-corrected chi connectivity index (χ4v) is 5.90. The number of thiazole rings is 1. The van der Waals surface area contributed by atoms with Crippen LogP contribution in [0.1, 0.15) is 30.4 Å². The van der Waals surface area contributed by atoms with E-state index >= 15 is 0 Å². The molecular formula is C20H24N4O5S3. The van der Waals surface area contributed by atoms with Crippen LogP contribution in [0.3, 0.4) is 0 Å². The predicted octanol–water partition coefficient (Wildman–Crippen LogP) is 3.29. The van der Waals surface area contributed by atoms with Gasteiger partial charge in [0.2, 0.25) is 10.0 Å². The van der Waals surface area contributed by atoms with Crippen molar-refractivity contribution in [2.24, 2.45) is 0 Å². The fourth-order valence-electron chi connectivity index (χ4n) is 2.63. The molecule has 0 bridgehead atoms. The van der Waals surface area contributed by atoms with Gasteiger partial charge in [-0.15, -0.1) is 11.3 Å². The molecule has 2 aromatic heterocycles. The van der Waals surface area contributed by atoms with E-state index in [-0.39, 0.29) is 10.9 Å². The number of ether oxygens (including phenoxy) is 1. The summed E-state index contributed by atoms with van der Waals surface area (Å²) in [5.41, 5.74) is 0.387. The van der Waals surface area contributed by atoms with E-state index in [0.717, 1.165) is 14.7 Å². The minimum absolute atomic E-state index is 0.0902. The quantitative estimate of drug-likeness (QED) is 0.460. The number of benzene rings is 1. The minimum atomic E-state index is -3.62. The topological polar surface area (TPSA) is 118 Å². The Balaban J connectivity index is 1.60. The number of amides is 1. The zero-order valence-electron chi connectivity index (χ0n) is 18.2. The third kappa shape index (κ3) is 5.63. The molecule has 0 saturated heterocycles. The summed E-state index contributed by atoms with van der Waals surface area (Å²) in [6.45, 7) is 4.93. The van der Waals surface area contributed by atoms with E-state index in [0.29, 0.717) is 10.6 Å². The molecule has 0 saturated carbocycles. The number of hydrogen-bond donors (Lipinski definition) is 2. The molecule has 3 aromatic rings. The van der Waals surface area contributed by atoms with Gasteiger partial charge in [-0.25, -0.2) is 22.9 Å². The van der Waals surface area contributed by atoms with Crippen LogP contribution in [0, 0.1) is 0 Å². The first-order valence-corrected chi connectivity index (χ1v) is 12.8. The summed E-state index contributed by atoms with van der Waals surface area (Å²) < 4.78 is 33.0. The number of nitrogens with zero attached hydrogens (tertiary/aromatic N) is 2. The first-order chi connectivity index (χ1) is 15.0. The van der Waals surface area contributed by atoms with E-state index in [9.17, 15) is 18.0 Å². The molecule has 0 fully saturated rings. The maximum Gasteiger partial charge on any atom is 0.349 e. The second-order valence-corrected chi connectivity index (χ2v) is 11.3. The number of esters is 1. The Kier molecular flexibility index (Phi) is 7.18. The summed E-state index contributed by atoms with van der Waals surface area (Å²) >= 11 is 2.68. The minimum Gasteiger partial charge on any atom is -0.448 e. The van der Waals surface area contributed by atoms with E-state index < -0.39 is 28.0 Å². The lowest BCUT2D eigenvalue weighted by Crippen LogP contribution is -2.30. The van der Waals surface area contributed by atoms with Crippen LogP contribution in [0.25, 0.3) is 9.53 Å². The molecule has 12 heteroatoms. The summed E-state index contributed by atoms with van der Waals surface area (Å²) in [6, 6.07) is 7.21. The molecule has 0 aliphatic carbocycles. The highest BCUT2D eigenvalue weighted by Crippen LogP contribution is 2.34. The van der Waals surface area contributed by atoms with Crippen LogP contribution in [0.2, 0.25) is 0 Å². The molecule has 2 N–H and O–H groups in total. The Morgan fingerprint density at radius 3 is 2.31 bits per heavy atom. The van der Waals surface area contributed by atoms with Crippen LogP contribution in [0.5, 0.6) is 0 Å². The monoisotopic (exact) mass is 496 g/mol. The number of fused-ring (bicyclic) bond motifs is 1. The van der Waals surface area contributed by atoms with Crippen LogP contribution < -0.4 is 14.9 Å². The average Bonchev–Trinajstić information content (AvgIpc) is 3.26. The molecule has 2 heterocycles. The van der Waals surface area contributed by atoms with Gasteiger partial charge >= 0.3 is 5.97 Å². The lowest BCUT2D eigenvalue weighted by Gasteiger charge is -2.14. The molecule has 1 aromatic carbocycles. The number of thiophene rings is 1. The number of rotatable bonds is 8. The van der Waals surface area contributed by atoms with Gasteiger partial charge in [-0.05, 0) is 51.1 Å². The van der Waals surface area contributed by atoms with Crippen LogP contribution in [0.15, 0.2) is 35.2 Å². The smallest absolute Gasteiger partial charge is 0.349 e. The third-order valence-corrected chi connectivity index (χ3v) is 8.12. The molecule has 0 radical (unpaired) electrons. The summed E-state index contributed by atoms with van der Waals surface area (Å²) in [4.78, 5) is 32.4. The molecule has 32 heavy (non-hydrogen) atoms. The van der Waals surface area contributed by atoms with Crippen molar-refractivity contribution in [2.45, 2.75) is 37.8 Å². The SMILES string of the molecule is CC(C)NS(=O)(=O)c1ccc(NC(=O)C(C)OC(=O)c2cc3sc(N(C)C)nc3s2)cc1. The van der Waals surface area contributed by atoms with Crippen LogP contribution in [-0.4, -0.2) is 51.5 Å². The Labute approximate surface area is 194 Å². The maximum absolute atomic E-state index is 12.4. The number of sulfonamides is 1. The number of nitrogens with one attached hydrogen (secondary N) is 2. The van der Waals surface area contributed by atoms with Crippen molar-refractivity contribution in [3.05, 3.63) is 35.2 Å². The van der Waals surface area contributed by atoms with Gasteiger partial charge < -0.3 is 15.0 Å². The van der Waals surface area contributed by atoms with Gasteiger partial charge in [0.15, 0.2) is 11.2 Å². The normalized spacial score (nSPS) is 12.7. The highest BCUT2D eigenvalue weighted by atomic mass is 32.2. The molecule has 0 aliphatic rings. The lowest BCUT2D eigenvalue weighted by atomic mass is 10.3. The number of carbonyl (C=O) groups is 2. The van der Waals surface area contributed by atoms with Crippen LogP contribution in [-0.2, 0) is 19.6 Å². The summed E-state index contributed by atoms with van der Waals surface area (Å²) in [5.74, 6) is -1.13. The number of anilines is 2. The Morgan fingerprint density at radius 1 is 1.09 bits per heavy atom. The van der Waals surface area contributed by atoms with Gasteiger partial charge in [-0.3, -0.25) is 4.79 Å². The first kappa shape index (κ1) is 24.1. The van der Waals surface area contributed by atoms with Crippen LogP contribution in [0.4, 0.5) is 10.8 Å². The van der Waals surface area contributed by atoms with E-state index in [4.69, 9.17) is 4.74 Å². The largest absolute Gasteiger partial charge is 0.448 e.